The quantitative estimate of drug-likeness (QED) is 0.101. The highest BCUT2D eigenvalue weighted by atomic mass is 32.1. The van der Waals surface area contributed by atoms with Gasteiger partial charge in [-0.15, -0.1) is 5.73 Å². The second-order valence-electron chi connectivity index (χ2n) is 8.67. The number of aromatic nitrogens is 4. The van der Waals surface area contributed by atoms with Gasteiger partial charge in [-0.3, -0.25) is 28.7 Å². The van der Waals surface area contributed by atoms with Crippen molar-refractivity contribution in [2.75, 3.05) is 0 Å². The normalized spacial score (nSPS) is 10.8. The number of carboxylic acids is 2. The van der Waals surface area contributed by atoms with Crippen LogP contribution in [0.15, 0.2) is 75.5 Å². The van der Waals surface area contributed by atoms with E-state index in [-0.39, 0.29) is 31.8 Å². The second-order valence-corrected chi connectivity index (χ2v) is 9.45. The number of H-pyrrole nitrogens is 2. The van der Waals surface area contributed by atoms with Gasteiger partial charge in [0.05, 0.1) is 22.5 Å². The van der Waals surface area contributed by atoms with Crippen LogP contribution in [0.4, 0.5) is 0 Å². The molecule has 0 fully saturated rings. The van der Waals surface area contributed by atoms with Gasteiger partial charge in [0.2, 0.25) is 11.8 Å². The van der Waals surface area contributed by atoms with Crippen molar-refractivity contribution in [2.24, 2.45) is 0 Å². The first-order chi connectivity index (χ1) is 19.9. The standard InChI is InChI=1S/C28H20N4O8S2/c1-14(2-12-19-21(33)29-27(41)31(23(19)35)17-8-4-15(5-9-17)25(37)38)3-13-20-22(34)30-28(42)32(24(20)36)18-10-6-16(7-11-18)26(39)40/h2,4-13,35-36H,1H3,(H,37,38)(H,39,40)(H,29,33,41)(H,30,34,42). The highest BCUT2D eigenvalue weighted by Crippen LogP contribution is 2.23. The lowest BCUT2D eigenvalue weighted by Gasteiger charge is -2.11. The van der Waals surface area contributed by atoms with Crippen molar-refractivity contribution in [3.8, 4) is 23.1 Å². The van der Waals surface area contributed by atoms with Gasteiger partial charge in [0.1, 0.15) is 11.1 Å². The number of carboxylic acid groups (broad SMARTS) is 2. The van der Waals surface area contributed by atoms with Crippen molar-refractivity contribution in [3.63, 3.8) is 0 Å². The zero-order chi connectivity index (χ0) is 30.7. The van der Waals surface area contributed by atoms with Gasteiger partial charge < -0.3 is 20.4 Å². The molecule has 2 aromatic heterocycles. The summed E-state index contributed by atoms with van der Waals surface area (Å²) in [5.74, 6) is -3.27. The van der Waals surface area contributed by atoms with Crippen LogP contribution in [0, 0.1) is 9.54 Å². The number of allylic oxidation sites excluding steroid dienone is 2. The third-order valence-electron chi connectivity index (χ3n) is 5.93. The van der Waals surface area contributed by atoms with E-state index in [0.717, 1.165) is 9.13 Å². The molecule has 0 aliphatic heterocycles. The number of nitrogens with one attached hydrogen (secondary N) is 2. The zero-order valence-electron chi connectivity index (χ0n) is 21.5. The Morgan fingerprint density at radius 1 is 0.762 bits per heavy atom. The van der Waals surface area contributed by atoms with Crippen LogP contribution in [-0.4, -0.2) is 51.5 Å². The summed E-state index contributed by atoms with van der Waals surface area (Å²) in [5, 5.41) is 39.9. The van der Waals surface area contributed by atoms with Gasteiger partial charge in [-0.2, -0.15) is 0 Å². The number of rotatable bonds is 7. The van der Waals surface area contributed by atoms with E-state index in [2.05, 4.69) is 15.7 Å². The largest absolute Gasteiger partial charge is 0.494 e. The summed E-state index contributed by atoms with van der Waals surface area (Å²) in [7, 11) is 0. The summed E-state index contributed by atoms with van der Waals surface area (Å²) in [6, 6.07) is 11.0. The predicted molar refractivity (Wildman–Crippen MR) is 158 cm³/mol. The Morgan fingerprint density at radius 3 is 1.60 bits per heavy atom. The molecule has 12 nitrogen and oxygen atoms in total. The van der Waals surface area contributed by atoms with Gasteiger partial charge in [-0.05, 0) is 97.6 Å². The average molecular weight is 605 g/mol. The zero-order valence-corrected chi connectivity index (χ0v) is 23.1. The molecule has 4 aromatic rings. The van der Waals surface area contributed by atoms with Crippen LogP contribution in [0.2, 0.25) is 0 Å². The number of aromatic amines is 2. The van der Waals surface area contributed by atoms with Crippen molar-refractivity contribution in [1.29, 1.82) is 0 Å². The van der Waals surface area contributed by atoms with Gasteiger partial charge in [-0.25, -0.2) is 9.59 Å². The summed E-state index contributed by atoms with van der Waals surface area (Å²) >= 11 is 10.3. The van der Waals surface area contributed by atoms with E-state index >= 15 is 0 Å². The number of hydrogen-bond donors (Lipinski definition) is 6. The van der Waals surface area contributed by atoms with Crippen LogP contribution < -0.4 is 11.1 Å². The molecule has 0 amide bonds. The molecule has 0 atom stereocenters. The molecule has 42 heavy (non-hydrogen) atoms. The van der Waals surface area contributed by atoms with Crippen LogP contribution in [0.5, 0.6) is 11.8 Å². The maximum atomic E-state index is 12.5. The number of aromatic hydroxyl groups is 2. The summed E-state index contributed by atoms with van der Waals surface area (Å²) in [4.78, 5) is 52.2. The molecule has 212 valence electrons. The minimum atomic E-state index is -1.13. The molecule has 0 unspecified atom stereocenters. The summed E-state index contributed by atoms with van der Waals surface area (Å²) in [6.07, 6.45) is 3.92. The van der Waals surface area contributed by atoms with Gasteiger partial charge >= 0.3 is 11.9 Å². The van der Waals surface area contributed by atoms with E-state index in [0.29, 0.717) is 16.9 Å². The maximum absolute atomic E-state index is 12.5. The smallest absolute Gasteiger partial charge is 0.335 e. The van der Waals surface area contributed by atoms with Gasteiger partial charge in [0.15, 0.2) is 9.54 Å². The fraction of sp³-hybridized carbons (Fsp3) is 0.0357. The number of hydrogen-bond acceptors (Lipinski definition) is 8. The molecular weight excluding hydrogens is 584 g/mol. The molecule has 14 heteroatoms. The molecule has 0 aliphatic rings. The van der Waals surface area contributed by atoms with Crippen molar-refractivity contribution in [2.45, 2.75) is 6.92 Å². The van der Waals surface area contributed by atoms with Crippen LogP contribution in [0.3, 0.4) is 0 Å². The van der Waals surface area contributed by atoms with E-state index in [9.17, 15) is 29.4 Å². The van der Waals surface area contributed by atoms with Crippen LogP contribution in [-0.2, 0) is 0 Å². The summed E-state index contributed by atoms with van der Waals surface area (Å²) < 4.78 is 2.07. The number of aromatic carboxylic acids is 2. The molecule has 2 heterocycles. The summed E-state index contributed by atoms with van der Waals surface area (Å²) in [6.45, 7) is 1.59. The van der Waals surface area contributed by atoms with Crippen molar-refractivity contribution < 1.29 is 30.0 Å². The Hall–Kier alpha value is -5.56. The Morgan fingerprint density at radius 2 is 1.17 bits per heavy atom. The third-order valence-corrected chi connectivity index (χ3v) is 6.50. The SMILES string of the molecule is CC(=C=Cc1c(O)n(-c2ccc(C(=O)O)cc2)c(=S)[nH]c1=O)C=Cc1c(O)n(-c2ccc(C(=O)O)cc2)c(=S)[nH]c1=O. The van der Waals surface area contributed by atoms with E-state index in [4.69, 9.17) is 34.6 Å². The van der Waals surface area contributed by atoms with Crippen LogP contribution in [0.1, 0.15) is 38.8 Å². The second kappa shape index (κ2) is 11.9. The van der Waals surface area contributed by atoms with E-state index < -0.39 is 34.8 Å². The monoisotopic (exact) mass is 604 g/mol. The van der Waals surface area contributed by atoms with Crippen LogP contribution >= 0.6 is 24.4 Å². The predicted octanol–water partition coefficient (Wildman–Crippen LogP) is 4.18. The number of nitrogens with zero attached hydrogens (tertiary/aromatic N) is 2. The molecular formula is C28H20N4O8S2. The Kier molecular flexibility index (Phi) is 8.33. The molecule has 2 aromatic carbocycles. The highest BCUT2D eigenvalue weighted by molar-refractivity contribution is 7.71. The highest BCUT2D eigenvalue weighted by Gasteiger charge is 2.14. The molecule has 6 N–H and O–H groups in total. The lowest BCUT2D eigenvalue weighted by atomic mass is 10.2. The minimum absolute atomic E-state index is 0.0217. The first-order valence-corrected chi connectivity index (χ1v) is 12.7. The van der Waals surface area contributed by atoms with Gasteiger partial charge in [0.25, 0.3) is 11.1 Å². The minimum Gasteiger partial charge on any atom is -0.494 e. The van der Waals surface area contributed by atoms with Crippen molar-refractivity contribution in [3.05, 3.63) is 118 Å². The average Bonchev–Trinajstić information content (AvgIpc) is 2.93. The number of carbonyl (C=O) groups is 2. The molecule has 0 saturated heterocycles. The maximum Gasteiger partial charge on any atom is 0.335 e. The number of benzene rings is 2. The Labute approximate surface area is 245 Å². The topological polar surface area (TPSA) is 191 Å². The lowest BCUT2D eigenvalue weighted by molar-refractivity contribution is 0.0686. The molecule has 0 spiro atoms. The Bertz CT molecular complexity index is 2080. The fourth-order valence-corrected chi connectivity index (χ4v) is 4.35. The van der Waals surface area contributed by atoms with Crippen molar-refractivity contribution in [1.82, 2.24) is 19.1 Å². The van der Waals surface area contributed by atoms with Crippen molar-refractivity contribution >= 4 is 48.5 Å². The molecule has 0 aliphatic carbocycles. The summed E-state index contributed by atoms with van der Waals surface area (Å²) in [5.41, 5.74) is 2.11. The van der Waals surface area contributed by atoms with Gasteiger partial charge in [-0.1, -0.05) is 6.08 Å². The van der Waals surface area contributed by atoms with E-state index in [1.807, 2.05) is 0 Å². The van der Waals surface area contributed by atoms with E-state index in [1.165, 1.54) is 66.8 Å². The fourth-order valence-electron chi connectivity index (χ4n) is 3.79. The Balaban J connectivity index is 1.72. The van der Waals surface area contributed by atoms with Crippen LogP contribution in [0.25, 0.3) is 23.5 Å². The van der Waals surface area contributed by atoms with Gasteiger partial charge in [0, 0.05) is 0 Å². The molecule has 0 bridgehead atoms. The molecule has 4 rings (SSSR count). The molecule has 0 saturated carbocycles. The molecule has 0 radical (unpaired) electrons. The van der Waals surface area contributed by atoms with E-state index in [1.54, 1.807) is 6.92 Å². The first-order valence-electron chi connectivity index (χ1n) is 11.8. The third kappa shape index (κ3) is 5.95. The first kappa shape index (κ1) is 29.4. The lowest BCUT2D eigenvalue weighted by Crippen LogP contribution is -2.16.